The molecule has 3 heteroatoms. The molecule has 0 atom stereocenters. The fourth-order valence-electron chi connectivity index (χ4n) is 0.816. The maximum absolute atomic E-state index is 11.2. The number of carbonyl (C=O) groups is 1. The van der Waals surface area contributed by atoms with Gasteiger partial charge in [-0.1, -0.05) is 24.8 Å². The second-order valence-corrected chi connectivity index (χ2v) is 2.39. The van der Waals surface area contributed by atoms with E-state index in [2.05, 4.69) is 13.2 Å². The number of aliphatic hydroxyl groups is 1. The molecule has 0 radical (unpaired) electrons. The van der Waals surface area contributed by atoms with Crippen LogP contribution in [-0.4, -0.2) is 35.6 Å². The van der Waals surface area contributed by atoms with Gasteiger partial charge in [0.2, 0.25) is 5.91 Å². The van der Waals surface area contributed by atoms with Crippen molar-refractivity contribution in [3.8, 4) is 0 Å². The molecule has 0 aliphatic rings. The summed E-state index contributed by atoms with van der Waals surface area (Å²) >= 11 is 0. The lowest BCUT2D eigenvalue weighted by atomic mass is 10.4. The van der Waals surface area contributed by atoms with Crippen molar-refractivity contribution in [1.29, 1.82) is 0 Å². The van der Waals surface area contributed by atoms with Gasteiger partial charge in [-0.05, 0) is 6.08 Å². The second-order valence-electron chi connectivity index (χ2n) is 2.39. The molecule has 0 fully saturated rings. The molecule has 0 rings (SSSR count). The van der Waals surface area contributed by atoms with E-state index in [9.17, 15) is 4.79 Å². The molecule has 0 aromatic carbocycles. The van der Waals surface area contributed by atoms with Gasteiger partial charge in [0.05, 0.1) is 6.61 Å². The number of aliphatic hydroxyl groups excluding tert-OH is 1. The maximum atomic E-state index is 11.2. The van der Waals surface area contributed by atoms with Crippen LogP contribution in [0.3, 0.4) is 0 Å². The quantitative estimate of drug-likeness (QED) is 0.485. The van der Waals surface area contributed by atoms with E-state index in [1.54, 1.807) is 23.1 Å². The van der Waals surface area contributed by atoms with Crippen molar-refractivity contribution >= 4 is 5.91 Å². The zero-order chi connectivity index (χ0) is 10.1. The van der Waals surface area contributed by atoms with Crippen LogP contribution in [-0.2, 0) is 4.79 Å². The number of nitrogens with zero attached hydrogens (tertiary/aromatic N) is 1. The molecule has 0 heterocycles. The molecule has 0 bridgehead atoms. The highest BCUT2D eigenvalue weighted by molar-refractivity contribution is 5.87. The summed E-state index contributed by atoms with van der Waals surface area (Å²) in [5, 5.41) is 8.47. The number of hydrogen-bond donors (Lipinski definition) is 1. The summed E-state index contributed by atoms with van der Waals surface area (Å²) in [6.45, 7) is 7.88. The lowest BCUT2D eigenvalue weighted by Gasteiger charge is -2.16. The third-order valence-corrected chi connectivity index (χ3v) is 1.43. The molecule has 0 aromatic rings. The second kappa shape index (κ2) is 7.31. The van der Waals surface area contributed by atoms with Gasteiger partial charge in [0, 0.05) is 13.1 Å². The highest BCUT2D eigenvalue weighted by Crippen LogP contribution is 1.92. The summed E-state index contributed by atoms with van der Waals surface area (Å²) in [7, 11) is 0. The van der Waals surface area contributed by atoms with Crippen LogP contribution in [0.25, 0.3) is 0 Å². The van der Waals surface area contributed by atoms with E-state index < -0.39 is 0 Å². The van der Waals surface area contributed by atoms with Crippen LogP contribution in [0.2, 0.25) is 0 Å². The summed E-state index contributed by atoms with van der Waals surface area (Å²) in [4.78, 5) is 12.7. The van der Waals surface area contributed by atoms with Gasteiger partial charge in [0.25, 0.3) is 0 Å². The summed E-state index contributed by atoms with van der Waals surface area (Å²) in [5.74, 6) is -0.137. The van der Waals surface area contributed by atoms with E-state index in [0.717, 1.165) is 0 Å². The summed E-state index contributed by atoms with van der Waals surface area (Å²) in [6, 6.07) is 0. The Morgan fingerprint density at radius 2 is 2.00 bits per heavy atom. The maximum Gasteiger partial charge on any atom is 0.246 e. The fraction of sp³-hybridized carbons (Fsp3) is 0.300. The standard InChI is InChI=1S/C10H15NO2/c1-3-7-11(10(13)4-2)8-5-6-9-12/h3-6,12H,1-2,7-9H2/b6-5+. The fourth-order valence-corrected chi connectivity index (χ4v) is 0.816. The molecule has 0 aliphatic carbocycles. The van der Waals surface area contributed by atoms with E-state index in [1.165, 1.54) is 6.08 Å². The summed E-state index contributed by atoms with van der Waals surface area (Å²) in [6.07, 6.45) is 6.22. The van der Waals surface area contributed by atoms with Gasteiger partial charge in [-0.3, -0.25) is 4.79 Å². The first-order valence-corrected chi connectivity index (χ1v) is 4.04. The minimum absolute atomic E-state index is 0.00971. The average Bonchev–Trinajstić information content (AvgIpc) is 2.16. The largest absolute Gasteiger partial charge is 0.392 e. The monoisotopic (exact) mass is 181 g/mol. The van der Waals surface area contributed by atoms with Crippen molar-refractivity contribution in [3.63, 3.8) is 0 Å². The Labute approximate surface area is 78.7 Å². The van der Waals surface area contributed by atoms with Crippen LogP contribution in [0.4, 0.5) is 0 Å². The Bertz CT molecular complexity index is 209. The predicted molar refractivity (Wildman–Crippen MR) is 53.2 cm³/mol. The van der Waals surface area contributed by atoms with Crippen molar-refractivity contribution < 1.29 is 9.90 Å². The van der Waals surface area contributed by atoms with Crippen molar-refractivity contribution in [3.05, 3.63) is 37.5 Å². The van der Waals surface area contributed by atoms with Gasteiger partial charge in [-0.15, -0.1) is 6.58 Å². The average molecular weight is 181 g/mol. The van der Waals surface area contributed by atoms with Crippen LogP contribution >= 0.6 is 0 Å². The smallest absolute Gasteiger partial charge is 0.246 e. The SMILES string of the molecule is C=CCN(C/C=C/CO)C(=O)C=C. The molecular formula is C10H15NO2. The third-order valence-electron chi connectivity index (χ3n) is 1.43. The molecule has 3 nitrogen and oxygen atoms in total. The van der Waals surface area contributed by atoms with Gasteiger partial charge >= 0.3 is 0 Å². The third kappa shape index (κ3) is 4.98. The highest BCUT2D eigenvalue weighted by Gasteiger charge is 2.04. The van der Waals surface area contributed by atoms with Gasteiger partial charge < -0.3 is 10.0 Å². The molecule has 0 aliphatic heterocycles. The molecule has 0 saturated heterocycles. The van der Waals surface area contributed by atoms with E-state index in [1.807, 2.05) is 0 Å². The molecule has 0 unspecified atom stereocenters. The van der Waals surface area contributed by atoms with Crippen LogP contribution in [0.1, 0.15) is 0 Å². The number of hydrogen-bond acceptors (Lipinski definition) is 2. The van der Waals surface area contributed by atoms with Crippen LogP contribution in [0, 0.1) is 0 Å². The number of amides is 1. The molecule has 0 aromatic heterocycles. The lowest BCUT2D eigenvalue weighted by molar-refractivity contribution is -0.125. The Balaban J connectivity index is 4.08. The Kier molecular flexibility index (Phi) is 6.55. The van der Waals surface area contributed by atoms with Crippen molar-refractivity contribution in [2.24, 2.45) is 0 Å². The Hall–Kier alpha value is -1.35. The van der Waals surface area contributed by atoms with Gasteiger partial charge in [-0.2, -0.15) is 0 Å². The van der Waals surface area contributed by atoms with Crippen LogP contribution < -0.4 is 0 Å². The molecule has 1 N–H and O–H groups in total. The van der Waals surface area contributed by atoms with Crippen molar-refractivity contribution in [2.75, 3.05) is 19.7 Å². The Morgan fingerprint density at radius 1 is 1.31 bits per heavy atom. The minimum atomic E-state index is -0.137. The number of carbonyl (C=O) groups excluding carboxylic acids is 1. The van der Waals surface area contributed by atoms with E-state index >= 15 is 0 Å². The lowest BCUT2D eigenvalue weighted by Crippen LogP contribution is -2.29. The molecule has 72 valence electrons. The first-order chi connectivity index (χ1) is 6.26. The highest BCUT2D eigenvalue weighted by atomic mass is 16.2. The predicted octanol–water partition coefficient (Wildman–Crippen LogP) is 0.736. The minimum Gasteiger partial charge on any atom is -0.392 e. The Morgan fingerprint density at radius 3 is 2.46 bits per heavy atom. The molecule has 0 saturated carbocycles. The zero-order valence-corrected chi connectivity index (χ0v) is 7.65. The molecule has 1 amide bonds. The van der Waals surface area contributed by atoms with E-state index in [4.69, 9.17) is 5.11 Å². The zero-order valence-electron chi connectivity index (χ0n) is 7.65. The molecule has 13 heavy (non-hydrogen) atoms. The molecule has 0 spiro atoms. The summed E-state index contributed by atoms with van der Waals surface area (Å²) in [5.41, 5.74) is 0. The number of rotatable bonds is 6. The van der Waals surface area contributed by atoms with Gasteiger partial charge in [0.15, 0.2) is 0 Å². The summed E-state index contributed by atoms with van der Waals surface area (Å²) < 4.78 is 0. The normalized spacial score (nSPS) is 9.92. The molecular weight excluding hydrogens is 166 g/mol. The van der Waals surface area contributed by atoms with Crippen LogP contribution in [0.5, 0.6) is 0 Å². The van der Waals surface area contributed by atoms with E-state index in [-0.39, 0.29) is 12.5 Å². The van der Waals surface area contributed by atoms with Gasteiger partial charge in [-0.25, -0.2) is 0 Å². The van der Waals surface area contributed by atoms with Crippen molar-refractivity contribution in [2.45, 2.75) is 0 Å². The van der Waals surface area contributed by atoms with Gasteiger partial charge in [0.1, 0.15) is 0 Å². The topological polar surface area (TPSA) is 40.5 Å². The van der Waals surface area contributed by atoms with E-state index in [0.29, 0.717) is 13.1 Å². The van der Waals surface area contributed by atoms with Crippen molar-refractivity contribution in [1.82, 2.24) is 4.90 Å². The van der Waals surface area contributed by atoms with Crippen LogP contribution in [0.15, 0.2) is 37.5 Å². The first kappa shape index (κ1) is 11.6. The first-order valence-electron chi connectivity index (χ1n) is 4.04.